The first-order valence-electron chi connectivity index (χ1n) is 14.7. The van der Waals surface area contributed by atoms with Gasteiger partial charge in [0.05, 0.1) is 0 Å². The summed E-state index contributed by atoms with van der Waals surface area (Å²) in [5, 5.41) is 0. The van der Waals surface area contributed by atoms with Gasteiger partial charge in [-0.05, 0) is 88.2 Å². The van der Waals surface area contributed by atoms with Gasteiger partial charge in [0, 0.05) is 0 Å². The zero-order valence-electron chi connectivity index (χ0n) is 25.0. The topological polar surface area (TPSA) is 18.5 Å². The van der Waals surface area contributed by atoms with Crippen LogP contribution in [-0.2, 0) is 12.5 Å². The number of unbranched alkanes of at least 4 members (excludes halogenated alkanes) is 2. The number of benzene rings is 5. The fourth-order valence-corrected chi connectivity index (χ4v) is 5.12. The van der Waals surface area contributed by atoms with Gasteiger partial charge in [-0.25, -0.2) is 13.2 Å². The number of hydrogen-bond donors (Lipinski definition) is 0. The van der Waals surface area contributed by atoms with E-state index in [-0.39, 0.29) is 16.7 Å². The van der Waals surface area contributed by atoms with Crippen molar-refractivity contribution in [1.29, 1.82) is 0 Å². The third-order valence-corrected chi connectivity index (χ3v) is 7.50. The van der Waals surface area contributed by atoms with Gasteiger partial charge in [0.2, 0.25) is 0 Å². The van der Waals surface area contributed by atoms with E-state index in [1.165, 1.54) is 24.1 Å². The first-order chi connectivity index (χ1) is 22.3. The van der Waals surface area contributed by atoms with Gasteiger partial charge in [-0.3, -0.25) is 0 Å². The van der Waals surface area contributed by atoms with E-state index in [1.807, 2.05) is 12.1 Å². The van der Waals surface area contributed by atoms with Gasteiger partial charge in [-0.1, -0.05) is 86.5 Å². The molecule has 0 aliphatic rings. The fourth-order valence-electron chi connectivity index (χ4n) is 5.12. The molecule has 0 atom stereocenters. The van der Waals surface area contributed by atoms with Gasteiger partial charge in [0.25, 0.3) is 0 Å². The van der Waals surface area contributed by atoms with E-state index in [9.17, 15) is 17.6 Å². The van der Waals surface area contributed by atoms with E-state index in [2.05, 4.69) is 28.5 Å². The average molecular weight is 657 g/mol. The normalized spacial score (nSPS) is 11.9. The molecule has 0 fully saturated rings. The van der Waals surface area contributed by atoms with Gasteiger partial charge < -0.3 is 9.47 Å². The quantitative estimate of drug-likeness (QED) is 0.104. The van der Waals surface area contributed by atoms with Crippen molar-refractivity contribution in [3.63, 3.8) is 0 Å². The van der Waals surface area contributed by atoms with Crippen LogP contribution in [0.15, 0.2) is 103 Å². The van der Waals surface area contributed by atoms with Crippen molar-refractivity contribution in [2.75, 3.05) is 0 Å². The Kier molecular flexibility index (Phi) is 9.88. The van der Waals surface area contributed by atoms with Crippen LogP contribution in [0.5, 0.6) is 11.5 Å². The van der Waals surface area contributed by atoms with Crippen LogP contribution in [0.2, 0.25) is 0 Å². The number of halogens is 8. The second-order valence-electron chi connectivity index (χ2n) is 10.9. The van der Waals surface area contributed by atoms with Crippen LogP contribution < -0.4 is 9.47 Å². The van der Waals surface area contributed by atoms with Crippen LogP contribution in [0.4, 0.5) is 35.1 Å². The molecule has 0 heterocycles. The number of hydrogen-bond acceptors (Lipinski definition) is 2. The van der Waals surface area contributed by atoms with Gasteiger partial charge in [-0.2, -0.15) is 8.78 Å². The van der Waals surface area contributed by atoms with Gasteiger partial charge in [-0.15, -0.1) is 13.2 Å². The highest BCUT2D eigenvalue weighted by Gasteiger charge is 2.41. The molecule has 2 nitrogen and oxygen atoms in total. The minimum atomic E-state index is -5.09. The Bertz CT molecular complexity index is 1790. The molecule has 0 aliphatic carbocycles. The number of rotatable bonds is 11. The van der Waals surface area contributed by atoms with Gasteiger partial charge in [0.1, 0.15) is 22.9 Å². The monoisotopic (exact) mass is 656 g/mol. The van der Waals surface area contributed by atoms with Crippen LogP contribution in [-0.4, -0.2) is 6.36 Å². The Morgan fingerprint density at radius 2 is 0.979 bits per heavy atom. The van der Waals surface area contributed by atoms with Crippen molar-refractivity contribution in [3.8, 4) is 44.9 Å². The molecule has 0 spiro atoms. The Morgan fingerprint density at radius 1 is 0.511 bits per heavy atom. The lowest BCUT2D eigenvalue weighted by Crippen LogP contribution is -2.25. The highest BCUT2D eigenvalue weighted by molar-refractivity contribution is 5.71. The zero-order valence-corrected chi connectivity index (χ0v) is 25.0. The van der Waals surface area contributed by atoms with Crippen molar-refractivity contribution in [1.82, 2.24) is 0 Å². The average Bonchev–Trinajstić information content (AvgIpc) is 3.02. The van der Waals surface area contributed by atoms with E-state index < -0.39 is 47.0 Å². The maximum atomic E-state index is 15.1. The minimum absolute atomic E-state index is 0.0561. The summed E-state index contributed by atoms with van der Waals surface area (Å²) in [5.41, 5.74) is 2.35. The molecule has 5 aromatic rings. The van der Waals surface area contributed by atoms with Gasteiger partial charge in [0.15, 0.2) is 11.6 Å². The molecule has 5 aromatic carbocycles. The first kappa shape index (κ1) is 33.5. The summed E-state index contributed by atoms with van der Waals surface area (Å²) in [6.07, 6.45) is -5.05. The predicted octanol–water partition coefficient (Wildman–Crippen LogP) is 11.9. The lowest BCUT2D eigenvalue weighted by molar-refractivity contribution is -0.275. The van der Waals surface area contributed by atoms with Crippen molar-refractivity contribution in [2.45, 2.75) is 45.1 Å². The second kappa shape index (κ2) is 13.9. The molecule has 0 N–H and O–H groups in total. The molecule has 0 aromatic heterocycles. The molecular weight excluding hydrogens is 628 g/mol. The molecule has 10 heteroatoms. The summed E-state index contributed by atoms with van der Waals surface area (Å²) < 4.78 is 120. The van der Waals surface area contributed by atoms with E-state index in [1.54, 1.807) is 24.3 Å². The molecule has 0 unspecified atom stereocenters. The molecular formula is C37H28F8O2. The third kappa shape index (κ3) is 8.30. The van der Waals surface area contributed by atoms with Crippen LogP contribution in [0.25, 0.3) is 33.4 Å². The first-order valence-corrected chi connectivity index (χ1v) is 14.7. The second-order valence-corrected chi connectivity index (χ2v) is 10.9. The lowest BCUT2D eigenvalue weighted by Gasteiger charge is -2.20. The molecule has 0 bridgehead atoms. The molecule has 47 heavy (non-hydrogen) atoms. The Morgan fingerprint density at radius 3 is 1.51 bits per heavy atom. The SMILES string of the molecule is CCCCCc1ccc(-c2ccc(-c3cc(F)c(C(F)(F)Oc4ccc(-c5ccc(OC(F)(F)F)c(F)c5)cc4)c(F)c3)cc2)cc1. The number of aryl methyl sites for hydroxylation is 1. The Labute approximate surface area is 266 Å². The van der Waals surface area contributed by atoms with E-state index >= 15 is 17.6 Å². The highest BCUT2D eigenvalue weighted by Crippen LogP contribution is 2.38. The van der Waals surface area contributed by atoms with Crippen LogP contribution >= 0.6 is 0 Å². The Balaban J connectivity index is 1.28. The van der Waals surface area contributed by atoms with Crippen molar-refractivity contribution in [2.24, 2.45) is 0 Å². The van der Waals surface area contributed by atoms with Crippen molar-refractivity contribution >= 4 is 0 Å². The minimum Gasteiger partial charge on any atom is -0.429 e. The molecule has 244 valence electrons. The number of ether oxygens (including phenoxy) is 2. The summed E-state index contributed by atoms with van der Waals surface area (Å²) in [5.74, 6) is -5.82. The molecule has 5 rings (SSSR count). The Hall–Kier alpha value is -4.86. The van der Waals surface area contributed by atoms with Crippen molar-refractivity contribution in [3.05, 3.63) is 132 Å². The van der Waals surface area contributed by atoms with E-state index in [0.29, 0.717) is 5.56 Å². The maximum Gasteiger partial charge on any atom is 0.573 e. The van der Waals surface area contributed by atoms with Gasteiger partial charge >= 0.3 is 12.5 Å². The molecule has 0 saturated carbocycles. The molecule has 0 aliphatic heterocycles. The maximum absolute atomic E-state index is 15.1. The summed E-state index contributed by atoms with van der Waals surface area (Å²) in [4.78, 5) is 0. The smallest absolute Gasteiger partial charge is 0.429 e. The predicted molar refractivity (Wildman–Crippen MR) is 163 cm³/mol. The lowest BCUT2D eigenvalue weighted by atomic mass is 9.97. The van der Waals surface area contributed by atoms with Crippen LogP contribution in [0, 0.1) is 17.5 Å². The van der Waals surface area contributed by atoms with Crippen LogP contribution in [0.1, 0.15) is 37.3 Å². The third-order valence-electron chi connectivity index (χ3n) is 7.50. The fraction of sp³-hybridized carbons (Fsp3) is 0.189. The van der Waals surface area contributed by atoms with E-state index in [4.69, 9.17) is 0 Å². The molecule has 0 amide bonds. The largest absolute Gasteiger partial charge is 0.573 e. The molecule has 0 radical (unpaired) electrons. The summed E-state index contributed by atoms with van der Waals surface area (Å²) in [6.45, 7) is 2.15. The zero-order chi connectivity index (χ0) is 33.8. The molecule has 0 saturated heterocycles. The van der Waals surface area contributed by atoms with E-state index in [0.717, 1.165) is 72.9 Å². The highest BCUT2D eigenvalue weighted by atomic mass is 19.4. The van der Waals surface area contributed by atoms with Crippen LogP contribution in [0.3, 0.4) is 0 Å². The number of alkyl halides is 5. The van der Waals surface area contributed by atoms with Crippen molar-refractivity contribution < 1.29 is 44.6 Å². The summed E-state index contributed by atoms with van der Waals surface area (Å²) in [7, 11) is 0. The summed E-state index contributed by atoms with van der Waals surface area (Å²) in [6, 6.07) is 23.9. The summed E-state index contributed by atoms with van der Waals surface area (Å²) >= 11 is 0. The standard InChI is InChI=1S/C37H28F8O2/c1-2-3-4-5-23-6-8-24(9-7-23)25-10-12-27(13-11-25)29-21-32(39)35(33(40)22-29)36(41,42)46-30-17-14-26(15-18-30)28-16-19-34(31(38)20-28)47-37(43,44)45/h6-22H,2-5H2,1H3.